The van der Waals surface area contributed by atoms with E-state index in [1.54, 1.807) is 24.2 Å². The Morgan fingerprint density at radius 3 is 2.56 bits per heavy atom. The number of amides is 1. The first-order valence-corrected chi connectivity index (χ1v) is 9.72. The van der Waals surface area contributed by atoms with Gasteiger partial charge in [-0.05, 0) is 42.5 Å². The number of carbonyl (C=O) groups is 1. The summed E-state index contributed by atoms with van der Waals surface area (Å²) in [7, 11) is 0. The molecule has 0 saturated heterocycles. The van der Waals surface area contributed by atoms with Crippen molar-refractivity contribution >= 4 is 28.4 Å². The maximum atomic E-state index is 13.1. The molecule has 6 heteroatoms. The molecule has 2 atom stereocenters. The van der Waals surface area contributed by atoms with Crippen molar-refractivity contribution in [3.05, 3.63) is 71.7 Å². The molecule has 0 saturated carbocycles. The Morgan fingerprint density at radius 1 is 1.22 bits per heavy atom. The molecule has 5 nitrogen and oxygen atoms in total. The number of aliphatic imine (C=N–C) groups is 1. The highest BCUT2D eigenvalue weighted by atomic mass is 32.2. The fourth-order valence-electron chi connectivity index (χ4n) is 3.18. The van der Waals surface area contributed by atoms with Crippen molar-refractivity contribution in [1.29, 1.82) is 5.26 Å². The first-order chi connectivity index (χ1) is 13.2. The lowest BCUT2D eigenvalue weighted by Crippen LogP contribution is -2.31. The molecule has 1 aromatic heterocycles. The molecule has 0 aliphatic carbocycles. The Labute approximate surface area is 163 Å². The van der Waals surface area contributed by atoms with Crippen LogP contribution in [0.1, 0.15) is 25.3 Å². The minimum atomic E-state index is -0.502. The van der Waals surface area contributed by atoms with Crippen LogP contribution < -0.4 is 5.32 Å². The molecule has 2 aromatic rings. The standard InChI is InChI=1S/C21H20N4OS/c1-3-27-21-17(13-22)19(15-9-11-23-12-10-15)18(14(2)24-21)20(26)25-16-7-5-4-6-8-16/h4-12,17,19H,3H2,1-2H3,(H,25,26)/t17?,19-/m0/s1. The number of pyridine rings is 1. The third kappa shape index (κ3) is 4.09. The van der Waals surface area contributed by atoms with Crippen LogP contribution in [0.5, 0.6) is 0 Å². The Kier molecular flexibility index (Phi) is 6.05. The Bertz CT molecular complexity index is 916. The second-order valence-corrected chi connectivity index (χ2v) is 7.35. The van der Waals surface area contributed by atoms with Crippen molar-refractivity contribution in [2.45, 2.75) is 19.8 Å². The van der Waals surface area contributed by atoms with Gasteiger partial charge in [-0.25, -0.2) is 4.99 Å². The van der Waals surface area contributed by atoms with Crippen LogP contribution in [0.2, 0.25) is 0 Å². The van der Waals surface area contributed by atoms with Crippen LogP contribution in [0, 0.1) is 17.2 Å². The fraction of sp³-hybridized carbons (Fsp3) is 0.238. The highest BCUT2D eigenvalue weighted by molar-refractivity contribution is 8.14. The molecule has 27 heavy (non-hydrogen) atoms. The SMILES string of the molecule is CCSC1=NC(C)=C(C(=O)Nc2ccccc2)[C@@H](c2ccncc2)C1C#N. The zero-order valence-corrected chi connectivity index (χ0v) is 16.0. The van der Waals surface area contributed by atoms with Gasteiger partial charge in [-0.15, -0.1) is 11.8 Å². The van der Waals surface area contributed by atoms with Crippen LogP contribution >= 0.6 is 11.8 Å². The molecule has 1 N–H and O–H groups in total. The first kappa shape index (κ1) is 18.9. The number of carbonyl (C=O) groups excluding carboxylic acids is 1. The molecule has 1 unspecified atom stereocenters. The van der Waals surface area contributed by atoms with Crippen LogP contribution in [0.25, 0.3) is 0 Å². The topological polar surface area (TPSA) is 78.1 Å². The number of hydrogen-bond acceptors (Lipinski definition) is 5. The number of nitriles is 1. The second-order valence-electron chi connectivity index (χ2n) is 6.07. The molecule has 1 aromatic carbocycles. The smallest absolute Gasteiger partial charge is 0.254 e. The van der Waals surface area contributed by atoms with E-state index in [4.69, 9.17) is 0 Å². The third-order valence-electron chi connectivity index (χ3n) is 4.35. The second kappa shape index (κ2) is 8.65. The van der Waals surface area contributed by atoms with Crippen molar-refractivity contribution in [3.63, 3.8) is 0 Å². The number of thioether (sulfide) groups is 1. The molecule has 3 rings (SSSR count). The number of aromatic nitrogens is 1. The minimum Gasteiger partial charge on any atom is -0.322 e. The average molecular weight is 376 g/mol. The maximum absolute atomic E-state index is 13.1. The van der Waals surface area contributed by atoms with Gasteiger partial charge >= 0.3 is 0 Å². The van der Waals surface area contributed by atoms with Crippen molar-refractivity contribution in [1.82, 2.24) is 4.98 Å². The Morgan fingerprint density at radius 2 is 1.93 bits per heavy atom. The van der Waals surface area contributed by atoms with Gasteiger partial charge in [0.2, 0.25) is 0 Å². The van der Waals surface area contributed by atoms with E-state index in [-0.39, 0.29) is 11.8 Å². The van der Waals surface area contributed by atoms with E-state index in [1.807, 2.05) is 56.3 Å². The summed E-state index contributed by atoms with van der Waals surface area (Å²) in [4.78, 5) is 21.8. The molecule has 1 aliphatic rings. The normalized spacial score (nSPS) is 19.2. The van der Waals surface area contributed by atoms with E-state index in [2.05, 4.69) is 21.4 Å². The van der Waals surface area contributed by atoms with Crippen LogP contribution in [-0.4, -0.2) is 21.7 Å². The predicted octanol–water partition coefficient (Wildman–Crippen LogP) is 4.38. The Hall–Kier alpha value is -2.91. The number of benzene rings is 1. The van der Waals surface area contributed by atoms with E-state index in [0.717, 1.165) is 16.4 Å². The largest absolute Gasteiger partial charge is 0.322 e. The van der Waals surface area contributed by atoms with Crippen molar-refractivity contribution in [2.75, 3.05) is 11.1 Å². The zero-order chi connectivity index (χ0) is 19.2. The predicted molar refractivity (Wildman–Crippen MR) is 109 cm³/mol. The molecule has 0 radical (unpaired) electrons. The van der Waals surface area contributed by atoms with Gasteiger partial charge in [0, 0.05) is 35.3 Å². The zero-order valence-electron chi connectivity index (χ0n) is 15.2. The van der Waals surface area contributed by atoms with Gasteiger partial charge in [-0.3, -0.25) is 9.78 Å². The first-order valence-electron chi connectivity index (χ1n) is 8.73. The molecular weight excluding hydrogens is 356 g/mol. The van der Waals surface area contributed by atoms with Crippen LogP contribution in [0.4, 0.5) is 5.69 Å². The summed E-state index contributed by atoms with van der Waals surface area (Å²) in [5, 5.41) is 13.6. The lowest BCUT2D eigenvalue weighted by molar-refractivity contribution is -0.113. The lowest BCUT2D eigenvalue weighted by atomic mass is 9.79. The van der Waals surface area contributed by atoms with Gasteiger partial charge in [0.1, 0.15) is 5.92 Å². The van der Waals surface area contributed by atoms with Gasteiger partial charge < -0.3 is 5.32 Å². The average Bonchev–Trinajstić information content (AvgIpc) is 2.69. The van der Waals surface area contributed by atoms with Crippen molar-refractivity contribution < 1.29 is 4.79 Å². The summed E-state index contributed by atoms with van der Waals surface area (Å²) < 4.78 is 0. The number of nitrogens with one attached hydrogen (secondary N) is 1. The summed E-state index contributed by atoms with van der Waals surface area (Å²) in [5.41, 5.74) is 2.77. The fourth-order valence-corrected chi connectivity index (χ4v) is 4.05. The van der Waals surface area contributed by atoms with E-state index in [0.29, 0.717) is 17.0 Å². The van der Waals surface area contributed by atoms with Crippen LogP contribution in [-0.2, 0) is 4.79 Å². The summed E-state index contributed by atoms with van der Waals surface area (Å²) in [6.07, 6.45) is 3.37. The number of rotatable bonds is 4. The van der Waals surface area contributed by atoms with E-state index in [9.17, 15) is 10.1 Å². The molecule has 1 aliphatic heterocycles. The molecule has 1 amide bonds. The summed E-state index contributed by atoms with van der Waals surface area (Å²) >= 11 is 1.55. The molecule has 0 fully saturated rings. The highest BCUT2D eigenvalue weighted by Crippen LogP contribution is 2.41. The van der Waals surface area contributed by atoms with Gasteiger partial charge in [0.15, 0.2) is 0 Å². The van der Waals surface area contributed by atoms with E-state index in [1.165, 1.54) is 0 Å². The number of allylic oxidation sites excluding steroid dienone is 1. The molecular formula is C21H20N4OS. The minimum absolute atomic E-state index is 0.231. The van der Waals surface area contributed by atoms with Gasteiger partial charge in [-0.1, -0.05) is 25.1 Å². The van der Waals surface area contributed by atoms with Gasteiger partial charge in [0.25, 0.3) is 5.91 Å². The van der Waals surface area contributed by atoms with Crippen LogP contribution in [0.3, 0.4) is 0 Å². The van der Waals surface area contributed by atoms with Crippen LogP contribution in [0.15, 0.2) is 71.1 Å². The molecule has 2 heterocycles. The van der Waals surface area contributed by atoms with E-state index >= 15 is 0 Å². The van der Waals surface area contributed by atoms with E-state index < -0.39 is 5.92 Å². The molecule has 0 bridgehead atoms. The van der Waals surface area contributed by atoms with Gasteiger partial charge in [-0.2, -0.15) is 5.26 Å². The third-order valence-corrected chi connectivity index (χ3v) is 5.28. The monoisotopic (exact) mass is 376 g/mol. The summed E-state index contributed by atoms with van der Waals surface area (Å²) in [6.45, 7) is 3.86. The quantitative estimate of drug-likeness (QED) is 0.859. The molecule has 0 spiro atoms. The highest BCUT2D eigenvalue weighted by Gasteiger charge is 2.38. The number of hydrogen-bond donors (Lipinski definition) is 1. The Balaban J connectivity index is 2.07. The van der Waals surface area contributed by atoms with Crippen molar-refractivity contribution in [2.24, 2.45) is 10.9 Å². The number of para-hydroxylation sites is 1. The summed E-state index contributed by atoms with van der Waals surface area (Å²) in [5.74, 6) is -0.297. The number of nitrogens with zero attached hydrogens (tertiary/aromatic N) is 3. The molecule has 136 valence electrons. The van der Waals surface area contributed by atoms with Crippen molar-refractivity contribution in [3.8, 4) is 6.07 Å². The number of anilines is 1. The van der Waals surface area contributed by atoms with Gasteiger partial charge in [0.05, 0.1) is 11.1 Å². The summed E-state index contributed by atoms with van der Waals surface area (Å²) in [6, 6.07) is 15.4. The lowest BCUT2D eigenvalue weighted by Gasteiger charge is -2.30. The maximum Gasteiger partial charge on any atom is 0.254 e.